The van der Waals surface area contributed by atoms with Gasteiger partial charge in [-0.3, -0.25) is 4.90 Å². The third kappa shape index (κ3) is 4.21. The summed E-state index contributed by atoms with van der Waals surface area (Å²) in [5, 5.41) is 0. The molecule has 2 N–H and O–H groups in total. The number of nitrogens with zero attached hydrogens (tertiary/aromatic N) is 1. The molecule has 1 atom stereocenters. The van der Waals surface area contributed by atoms with Gasteiger partial charge in [-0.2, -0.15) is 13.2 Å². The molecule has 1 unspecified atom stereocenters. The number of benzene rings is 1. The fraction of sp³-hybridized carbons (Fsp3) is 0.571. The van der Waals surface area contributed by atoms with Crippen LogP contribution in [-0.4, -0.2) is 25.0 Å². The number of rotatable bonds is 6. The van der Waals surface area contributed by atoms with E-state index in [-0.39, 0.29) is 12.1 Å². The second kappa shape index (κ2) is 6.91. The molecular weight excluding hydrogens is 253 g/mol. The number of halogens is 3. The fourth-order valence-electron chi connectivity index (χ4n) is 2.15. The van der Waals surface area contributed by atoms with Crippen LogP contribution in [0.15, 0.2) is 24.3 Å². The molecule has 0 saturated carbocycles. The van der Waals surface area contributed by atoms with Crippen molar-refractivity contribution in [2.75, 3.05) is 20.1 Å². The SMILES string of the molecule is CCCCN(C)C(CN)c1ccccc1C(F)(F)F. The summed E-state index contributed by atoms with van der Waals surface area (Å²) < 4.78 is 39.0. The first-order valence-corrected chi connectivity index (χ1v) is 6.48. The zero-order valence-corrected chi connectivity index (χ0v) is 11.4. The van der Waals surface area contributed by atoms with Gasteiger partial charge in [0.15, 0.2) is 0 Å². The van der Waals surface area contributed by atoms with Crippen LogP contribution in [0.3, 0.4) is 0 Å². The number of hydrogen-bond donors (Lipinski definition) is 1. The van der Waals surface area contributed by atoms with Gasteiger partial charge in [0.1, 0.15) is 0 Å². The molecule has 0 heterocycles. The second-order valence-corrected chi connectivity index (χ2v) is 4.67. The summed E-state index contributed by atoms with van der Waals surface area (Å²) in [5.41, 5.74) is 5.35. The predicted molar refractivity (Wildman–Crippen MR) is 70.8 cm³/mol. The summed E-state index contributed by atoms with van der Waals surface area (Å²) in [5.74, 6) is 0. The standard InChI is InChI=1S/C14H21F3N2/c1-3-4-9-19(2)13(10-18)11-7-5-6-8-12(11)14(15,16)17/h5-8,13H,3-4,9-10,18H2,1-2H3. The van der Waals surface area contributed by atoms with E-state index in [0.29, 0.717) is 0 Å². The van der Waals surface area contributed by atoms with Crippen LogP contribution < -0.4 is 5.73 Å². The fourth-order valence-corrected chi connectivity index (χ4v) is 2.15. The van der Waals surface area contributed by atoms with Crippen LogP contribution >= 0.6 is 0 Å². The number of nitrogens with two attached hydrogens (primary N) is 1. The molecule has 1 rings (SSSR count). The van der Waals surface area contributed by atoms with Crippen LogP contribution in [0.4, 0.5) is 13.2 Å². The Morgan fingerprint density at radius 2 is 1.89 bits per heavy atom. The first kappa shape index (κ1) is 16.0. The Labute approximate surface area is 112 Å². The van der Waals surface area contributed by atoms with Gasteiger partial charge in [-0.1, -0.05) is 31.5 Å². The number of likely N-dealkylation sites (N-methyl/N-ethyl adjacent to an activating group) is 1. The van der Waals surface area contributed by atoms with E-state index in [1.807, 2.05) is 11.9 Å². The minimum absolute atomic E-state index is 0.174. The number of unbranched alkanes of at least 4 members (excludes halogenated alkanes) is 1. The summed E-state index contributed by atoms with van der Waals surface area (Å²) in [6.07, 6.45) is -2.39. The van der Waals surface area contributed by atoms with E-state index in [0.717, 1.165) is 25.5 Å². The van der Waals surface area contributed by atoms with E-state index in [2.05, 4.69) is 6.92 Å². The number of hydrogen-bond acceptors (Lipinski definition) is 2. The highest BCUT2D eigenvalue weighted by atomic mass is 19.4. The lowest BCUT2D eigenvalue weighted by Gasteiger charge is -2.29. The summed E-state index contributed by atoms with van der Waals surface area (Å²) in [4.78, 5) is 1.90. The Bertz CT molecular complexity index is 391. The average Bonchev–Trinajstić information content (AvgIpc) is 2.36. The molecule has 0 aliphatic heterocycles. The van der Waals surface area contributed by atoms with E-state index in [1.54, 1.807) is 6.07 Å². The number of alkyl halides is 3. The molecule has 0 aromatic heterocycles. The van der Waals surface area contributed by atoms with Crippen molar-refractivity contribution in [2.45, 2.75) is 32.0 Å². The molecule has 19 heavy (non-hydrogen) atoms. The summed E-state index contributed by atoms with van der Waals surface area (Å²) in [6.45, 7) is 2.97. The van der Waals surface area contributed by atoms with Crippen LogP contribution in [-0.2, 0) is 6.18 Å². The maximum absolute atomic E-state index is 13.0. The van der Waals surface area contributed by atoms with Crippen LogP contribution in [0, 0.1) is 0 Å². The molecule has 2 nitrogen and oxygen atoms in total. The van der Waals surface area contributed by atoms with Gasteiger partial charge in [0, 0.05) is 12.6 Å². The highest BCUT2D eigenvalue weighted by Crippen LogP contribution is 2.35. The van der Waals surface area contributed by atoms with E-state index in [4.69, 9.17) is 5.73 Å². The molecule has 0 bridgehead atoms. The molecular formula is C14H21F3N2. The van der Waals surface area contributed by atoms with Crippen molar-refractivity contribution in [3.63, 3.8) is 0 Å². The third-order valence-electron chi connectivity index (χ3n) is 3.24. The van der Waals surface area contributed by atoms with Crippen LogP contribution in [0.1, 0.15) is 36.9 Å². The van der Waals surface area contributed by atoms with E-state index < -0.39 is 17.8 Å². The smallest absolute Gasteiger partial charge is 0.329 e. The van der Waals surface area contributed by atoms with E-state index in [1.165, 1.54) is 12.1 Å². The Kier molecular flexibility index (Phi) is 5.82. The van der Waals surface area contributed by atoms with Crippen molar-refractivity contribution in [3.8, 4) is 0 Å². The van der Waals surface area contributed by atoms with Crippen molar-refractivity contribution < 1.29 is 13.2 Å². The van der Waals surface area contributed by atoms with Crippen molar-refractivity contribution in [1.82, 2.24) is 4.90 Å². The lowest BCUT2D eigenvalue weighted by atomic mass is 9.98. The summed E-state index contributed by atoms with van der Waals surface area (Å²) in [6, 6.07) is 5.27. The molecule has 0 spiro atoms. The zero-order chi connectivity index (χ0) is 14.5. The molecule has 1 aromatic carbocycles. The normalized spacial score (nSPS) is 13.8. The Balaban J connectivity index is 3.05. The maximum Gasteiger partial charge on any atom is 0.416 e. The lowest BCUT2D eigenvalue weighted by molar-refractivity contribution is -0.138. The Hall–Kier alpha value is -1.07. The summed E-state index contributed by atoms with van der Waals surface area (Å²) in [7, 11) is 1.82. The second-order valence-electron chi connectivity index (χ2n) is 4.67. The predicted octanol–water partition coefficient (Wildman–Crippen LogP) is 3.44. The summed E-state index contributed by atoms with van der Waals surface area (Å²) >= 11 is 0. The zero-order valence-electron chi connectivity index (χ0n) is 11.4. The molecule has 5 heteroatoms. The van der Waals surface area contributed by atoms with Crippen LogP contribution in [0.5, 0.6) is 0 Å². The van der Waals surface area contributed by atoms with Gasteiger partial charge in [-0.05, 0) is 31.6 Å². The highest BCUT2D eigenvalue weighted by Gasteiger charge is 2.35. The van der Waals surface area contributed by atoms with E-state index in [9.17, 15) is 13.2 Å². The molecule has 0 aliphatic rings. The quantitative estimate of drug-likeness (QED) is 0.861. The molecule has 0 saturated heterocycles. The van der Waals surface area contributed by atoms with Crippen molar-refractivity contribution in [1.29, 1.82) is 0 Å². The monoisotopic (exact) mass is 274 g/mol. The minimum Gasteiger partial charge on any atom is -0.329 e. The average molecular weight is 274 g/mol. The molecule has 0 aliphatic carbocycles. The van der Waals surface area contributed by atoms with Gasteiger partial charge < -0.3 is 5.73 Å². The molecule has 1 aromatic rings. The highest BCUT2D eigenvalue weighted by molar-refractivity contribution is 5.32. The Morgan fingerprint density at radius 1 is 1.26 bits per heavy atom. The van der Waals surface area contributed by atoms with E-state index >= 15 is 0 Å². The van der Waals surface area contributed by atoms with Crippen molar-refractivity contribution in [3.05, 3.63) is 35.4 Å². The largest absolute Gasteiger partial charge is 0.416 e. The molecule has 108 valence electrons. The van der Waals surface area contributed by atoms with Gasteiger partial charge >= 0.3 is 6.18 Å². The first-order valence-electron chi connectivity index (χ1n) is 6.48. The maximum atomic E-state index is 13.0. The topological polar surface area (TPSA) is 29.3 Å². The van der Waals surface area contributed by atoms with Crippen LogP contribution in [0.2, 0.25) is 0 Å². The van der Waals surface area contributed by atoms with Gasteiger partial charge in [-0.25, -0.2) is 0 Å². The lowest BCUT2D eigenvalue weighted by Crippen LogP contribution is -2.32. The minimum atomic E-state index is -4.34. The van der Waals surface area contributed by atoms with Gasteiger partial charge in [0.05, 0.1) is 5.56 Å². The van der Waals surface area contributed by atoms with Crippen molar-refractivity contribution in [2.24, 2.45) is 5.73 Å². The molecule has 0 fully saturated rings. The van der Waals surface area contributed by atoms with Gasteiger partial charge in [0.2, 0.25) is 0 Å². The van der Waals surface area contributed by atoms with Crippen molar-refractivity contribution >= 4 is 0 Å². The van der Waals surface area contributed by atoms with Crippen LogP contribution in [0.25, 0.3) is 0 Å². The molecule has 0 amide bonds. The third-order valence-corrected chi connectivity index (χ3v) is 3.24. The Morgan fingerprint density at radius 3 is 2.42 bits per heavy atom. The van der Waals surface area contributed by atoms with Gasteiger partial charge in [-0.15, -0.1) is 0 Å². The van der Waals surface area contributed by atoms with Gasteiger partial charge in [0.25, 0.3) is 0 Å². The molecule has 0 radical (unpaired) electrons. The first-order chi connectivity index (χ1) is 8.91.